The van der Waals surface area contributed by atoms with Crippen LogP contribution in [-0.4, -0.2) is 16.1 Å². The van der Waals surface area contributed by atoms with Gasteiger partial charge in [0.25, 0.3) is 0 Å². The van der Waals surface area contributed by atoms with Crippen molar-refractivity contribution < 1.29 is 9.90 Å². The zero-order chi connectivity index (χ0) is 9.14. The van der Waals surface area contributed by atoms with Gasteiger partial charge in [-0.2, -0.15) is 0 Å². The molecule has 1 aromatic rings. The van der Waals surface area contributed by atoms with Gasteiger partial charge in [0.05, 0.1) is 0 Å². The molecule has 1 atom stereocenters. The number of hydrogen-bond donors (Lipinski definition) is 3. The van der Waals surface area contributed by atoms with Crippen LogP contribution in [0.5, 0.6) is 0 Å². The second-order valence-corrected chi connectivity index (χ2v) is 2.30. The Hall–Kier alpha value is -1.62. The highest BCUT2D eigenvalue weighted by atomic mass is 16.4. The summed E-state index contributed by atoms with van der Waals surface area (Å²) < 4.78 is 0. The van der Waals surface area contributed by atoms with Gasteiger partial charge in [0, 0.05) is 12.3 Å². The number of nitrogens with two attached hydrogens (primary N) is 1. The maximum atomic E-state index is 10.6. The van der Waals surface area contributed by atoms with Crippen molar-refractivity contribution in [2.24, 2.45) is 5.73 Å². The average molecular weight is 168 g/mol. The standard InChI is InChI=1S/C7H8N2O3/c8-6(7(11)12)4-1-2-5(10)9-3-4/h1-3,6H,8H2,(H,9,10)(H,11,12)/t6-/m1/s1. The van der Waals surface area contributed by atoms with Crippen LogP contribution < -0.4 is 11.3 Å². The number of aromatic nitrogens is 1. The highest BCUT2D eigenvalue weighted by Gasteiger charge is 2.13. The summed E-state index contributed by atoms with van der Waals surface area (Å²) in [4.78, 5) is 23.3. The first-order valence-corrected chi connectivity index (χ1v) is 3.28. The SMILES string of the molecule is N[C@@H](C(=O)O)c1ccc(=O)[nH]c1. The Morgan fingerprint density at radius 2 is 2.25 bits per heavy atom. The molecule has 4 N–H and O–H groups in total. The molecule has 0 radical (unpaired) electrons. The number of carboxylic acid groups (broad SMARTS) is 1. The largest absolute Gasteiger partial charge is 0.480 e. The molecule has 1 aromatic heterocycles. The van der Waals surface area contributed by atoms with Gasteiger partial charge in [-0.05, 0) is 11.6 Å². The van der Waals surface area contributed by atoms with Crippen LogP contribution >= 0.6 is 0 Å². The second-order valence-electron chi connectivity index (χ2n) is 2.30. The van der Waals surface area contributed by atoms with E-state index in [2.05, 4.69) is 4.98 Å². The molecule has 0 aliphatic heterocycles. The monoisotopic (exact) mass is 168 g/mol. The van der Waals surface area contributed by atoms with Gasteiger partial charge in [-0.1, -0.05) is 0 Å². The van der Waals surface area contributed by atoms with Gasteiger partial charge in [0.15, 0.2) is 0 Å². The third-order valence-electron chi connectivity index (χ3n) is 1.43. The van der Waals surface area contributed by atoms with Crippen molar-refractivity contribution in [1.29, 1.82) is 0 Å². The third-order valence-corrected chi connectivity index (χ3v) is 1.43. The molecule has 0 aromatic carbocycles. The van der Waals surface area contributed by atoms with Crippen LogP contribution in [-0.2, 0) is 4.79 Å². The Balaban J connectivity index is 2.97. The summed E-state index contributed by atoms with van der Waals surface area (Å²) in [6.45, 7) is 0. The maximum Gasteiger partial charge on any atom is 0.325 e. The average Bonchev–Trinajstić information content (AvgIpc) is 2.04. The molecule has 5 heteroatoms. The predicted octanol–water partition coefficient (Wildman–Crippen LogP) is -0.541. The molecule has 1 heterocycles. The van der Waals surface area contributed by atoms with E-state index in [9.17, 15) is 9.59 Å². The van der Waals surface area contributed by atoms with Crippen LogP contribution in [0.3, 0.4) is 0 Å². The Bertz CT molecular complexity index is 324. The van der Waals surface area contributed by atoms with E-state index in [1.165, 1.54) is 18.3 Å². The minimum absolute atomic E-state index is 0.281. The Morgan fingerprint density at radius 1 is 1.58 bits per heavy atom. The van der Waals surface area contributed by atoms with E-state index in [0.29, 0.717) is 5.56 Å². The molecule has 0 fully saturated rings. The number of carbonyl (C=O) groups is 1. The molecule has 5 nitrogen and oxygen atoms in total. The van der Waals surface area contributed by atoms with Crippen LogP contribution in [0.2, 0.25) is 0 Å². The van der Waals surface area contributed by atoms with Gasteiger partial charge in [0.2, 0.25) is 5.56 Å². The molecule has 0 aliphatic carbocycles. The molecule has 1 rings (SSSR count). The maximum absolute atomic E-state index is 10.6. The fourth-order valence-corrected chi connectivity index (χ4v) is 0.759. The van der Waals surface area contributed by atoms with E-state index in [0.717, 1.165) is 0 Å². The van der Waals surface area contributed by atoms with E-state index < -0.39 is 12.0 Å². The second kappa shape index (κ2) is 3.19. The summed E-state index contributed by atoms with van der Waals surface area (Å²) in [5.74, 6) is -1.12. The summed E-state index contributed by atoms with van der Waals surface area (Å²) in [5, 5.41) is 8.49. The first-order valence-electron chi connectivity index (χ1n) is 3.28. The van der Waals surface area contributed by atoms with E-state index >= 15 is 0 Å². The van der Waals surface area contributed by atoms with Crippen LogP contribution in [0, 0.1) is 0 Å². The van der Waals surface area contributed by atoms with Crippen molar-refractivity contribution >= 4 is 5.97 Å². The minimum atomic E-state index is -1.12. The Morgan fingerprint density at radius 3 is 2.67 bits per heavy atom. The summed E-state index contributed by atoms with van der Waals surface area (Å²) in [5.41, 5.74) is 5.36. The number of aromatic amines is 1. The summed E-state index contributed by atoms with van der Waals surface area (Å²) >= 11 is 0. The van der Waals surface area contributed by atoms with Crippen molar-refractivity contribution in [1.82, 2.24) is 4.98 Å². The fourth-order valence-electron chi connectivity index (χ4n) is 0.759. The highest BCUT2D eigenvalue weighted by molar-refractivity contribution is 5.74. The van der Waals surface area contributed by atoms with Gasteiger partial charge in [-0.25, -0.2) is 0 Å². The molecule has 0 spiro atoms. The summed E-state index contributed by atoms with van der Waals surface area (Å²) in [6, 6.07) is 1.54. The molecule has 64 valence electrons. The lowest BCUT2D eigenvalue weighted by Gasteiger charge is -2.04. The van der Waals surface area contributed by atoms with Crippen molar-refractivity contribution in [3.05, 3.63) is 34.2 Å². The number of H-pyrrole nitrogens is 1. The lowest BCUT2D eigenvalue weighted by atomic mass is 10.1. The van der Waals surface area contributed by atoms with E-state index in [1.54, 1.807) is 0 Å². The van der Waals surface area contributed by atoms with Crippen molar-refractivity contribution in [2.75, 3.05) is 0 Å². The third kappa shape index (κ3) is 1.70. The van der Waals surface area contributed by atoms with Crippen molar-refractivity contribution in [3.63, 3.8) is 0 Å². The van der Waals surface area contributed by atoms with Crippen molar-refractivity contribution in [3.8, 4) is 0 Å². The first-order chi connectivity index (χ1) is 5.61. The van der Waals surface area contributed by atoms with Gasteiger partial charge < -0.3 is 15.8 Å². The predicted molar refractivity (Wildman–Crippen MR) is 41.6 cm³/mol. The van der Waals surface area contributed by atoms with Gasteiger partial charge in [-0.3, -0.25) is 9.59 Å². The number of hydrogen-bond acceptors (Lipinski definition) is 3. The molecular formula is C7H8N2O3. The first kappa shape index (κ1) is 8.48. The number of carboxylic acids is 1. The quantitative estimate of drug-likeness (QED) is 0.552. The van der Waals surface area contributed by atoms with Crippen LogP contribution in [0.15, 0.2) is 23.1 Å². The smallest absolute Gasteiger partial charge is 0.325 e. The molecule has 0 unspecified atom stereocenters. The number of pyridine rings is 1. The van der Waals surface area contributed by atoms with E-state index in [1.807, 2.05) is 0 Å². The van der Waals surface area contributed by atoms with Crippen LogP contribution in [0.1, 0.15) is 11.6 Å². The molecule has 0 amide bonds. The normalized spacial score (nSPS) is 12.4. The zero-order valence-corrected chi connectivity index (χ0v) is 6.15. The fraction of sp³-hybridized carbons (Fsp3) is 0.143. The number of nitrogens with one attached hydrogen (secondary N) is 1. The van der Waals surface area contributed by atoms with E-state index in [-0.39, 0.29) is 5.56 Å². The minimum Gasteiger partial charge on any atom is -0.480 e. The van der Waals surface area contributed by atoms with Gasteiger partial charge >= 0.3 is 5.97 Å². The van der Waals surface area contributed by atoms with Gasteiger partial charge in [-0.15, -0.1) is 0 Å². The van der Waals surface area contributed by atoms with Gasteiger partial charge in [0.1, 0.15) is 6.04 Å². The molecule has 12 heavy (non-hydrogen) atoms. The summed E-state index contributed by atoms with van der Waals surface area (Å²) in [6.07, 6.45) is 1.29. The van der Waals surface area contributed by atoms with Crippen molar-refractivity contribution in [2.45, 2.75) is 6.04 Å². The lowest BCUT2D eigenvalue weighted by Crippen LogP contribution is -2.21. The van der Waals surface area contributed by atoms with E-state index in [4.69, 9.17) is 10.8 Å². The molecule has 0 saturated carbocycles. The zero-order valence-electron chi connectivity index (χ0n) is 6.15. The summed E-state index contributed by atoms with van der Waals surface area (Å²) in [7, 11) is 0. The Kier molecular flexibility index (Phi) is 2.25. The highest BCUT2D eigenvalue weighted by Crippen LogP contribution is 2.05. The van der Waals surface area contributed by atoms with Crippen LogP contribution in [0.4, 0.5) is 0 Å². The number of rotatable bonds is 2. The number of aliphatic carboxylic acids is 1. The topological polar surface area (TPSA) is 96.2 Å². The Labute approximate surface area is 67.8 Å². The molecular weight excluding hydrogens is 160 g/mol. The molecule has 0 aliphatic rings. The molecule has 0 saturated heterocycles. The lowest BCUT2D eigenvalue weighted by molar-refractivity contribution is -0.138. The molecule has 0 bridgehead atoms. The van der Waals surface area contributed by atoms with Crippen LogP contribution in [0.25, 0.3) is 0 Å².